The zero-order chi connectivity index (χ0) is 9.42. The maximum Gasteiger partial charge on any atom is 0.492 e. The molecule has 0 bridgehead atoms. The summed E-state index contributed by atoms with van der Waals surface area (Å²) in [5, 5.41) is 9.59. The lowest BCUT2D eigenvalue weighted by Gasteiger charge is -2.07. The highest BCUT2D eigenvalue weighted by Gasteiger charge is 2.35. The highest BCUT2D eigenvalue weighted by Crippen LogP contribution is 2.23. The third-order valence-electron chi connectivity index (χ3n) is 2.46. The second-order valence-corrected chi connectivity index (χ2v) is 3.29. The Morgan fingerprint density at radius 3 is 3.08 bits per heavy atom. The van der Waals surface area contributed by atoms with Crippen LogP contribution in [0.2, 0.25) is 0 Å². The Kier molecular flexibility index (Phi) is 2.11. The van der Waals surface area contributed by atoms with Gasteiger partial charge >= 0.3 is 7.12 Å². The Labute approximate surface area is 77.7 Å². The van der Waals surface area contributed by atoms with Crippen LogP contribution in [-0.2, 0) is 4.65 Å². The van der Waals surface area contributed by atoms with Crippen molar-refractivity contribution in [3.8, 4) is 0 Å². The van der Waals surface area contributed by atoms with Crippen LogP contribution in [0.4, 0.5) is 0 Å². The highest BCUT2D eigenvalue weighted by atomic mass is 16.5. The van der Waals surface area contributed by atoms with Gasteiger partial charge in [-0.05, 0) is 17.9 Å². The fraction of sp³-hybridized carbons (Fsp3) is 0.333. The summed E-state index contributed by atoms with van der Waals surface area (Å²) in [5.74, 6) is 0. The fourth-order valence-corrected chi connectivity index (χ4v) is 1.80. The third-order valence-corrected chi connectivity index (χ3v) is 2.46. The van der Waals surface area contributed by atoms with Crippen LogP contribution in [-0.4, -0.2) is 18.7 Å². The molecule has 0 saturated carbocycles. The summed E-state index contributed by atoms with van der Waals surface area (Å²) in [6.07, 6.45) is -0.148. The number of hydrogen-bond acceptors (Lipinski definition) is 3. The quantitative estimate of drug-likeness (QED) is 0.579. The van der Waals surface area contributed by atoms with Gasteiger partial charge in [-0.3, -0.25) is 0 Å². The normalized spacial score (nSPS) is 20.5. The molecular formula is C9H12BNO2. The van der Waals surface area contributed by atoms with Crippen molar-refractivity contribution in [2.75, 3.05) is 6.54 Å². The second kappa shape index (κ2) is 3.14. The molecule has 4 heteroatoms. The van der Waals surface area contributed by atoms with Crippen molar-refractivity contribution in [1.82, 2.24) is 0 Å². The lowest BCUT2D eigenvalue weighted by molar-refractivity contribution is 0.198. The van der Waals surface area contributed by atoms with E-state index in [1.165, 1.54) is 0 Å². The molecule has 3 N–H and O–H groups in total. The number of nitrogens with two attached hydrogens (primary N) is 1. The molecule has 0 amide bonds. The van der Waals surface area contributed by atoms with Gasteiger partial charge in [0.25, 0.3) is 0 Å². The molecule has 0 aliphatic carbocycles. The number of hydrogen-bond donors (Lipinski definition) is 2. The van der Waals surface area contributed by atoms with E-state index in [-0.39, 0.29) is 6.10 Å². The molecule has 3 nitrogen and oxygen atoms in total. The first kappa shape index (κ1) is 8.75. The highest BCUT2D eigenvalue weighted by molar-refractivity contribution is 6.62. The standard InChI is InChI=1S/C9H12BNO2/c1-6-3-2-4-7-8(5-11)13-10(12)9(6)7/h2-4,8,12H,5,11H2,1H3/t8-/m1/s1. The van der Waals surface area contributed by atoms with Crippen LogP contribution < -0.4 is 11.2 Å². The van der Waals surface area contributed by atoms with Gasteiger partial charge < -0.3 is 15.4 Å². The summed E-state index contributed by atoms with van der Waals surface area (Å²) in [5.41, 5.74) is 8.49. The molecule has 0 saturated heterocycles. The molecule has 0 radical (unpaired) electrons. The molecule has 1 atom stereocenters. The first-order valence-corrected chi connectivity index (χ1v) is 4.37. The van der Waals surface area contributed by atoms with Gasteiger partial charge in [-0.25, -0.2) is 0 Å². The van der Waals surface area contributed by atoms with E-state index in [2.05, 4.69) is 0 Å². The van der Waals surface area contributed by atoms with E-state index >= 15 is 0 Å². The van der Waals surface area contributed by atoms with Gasteiger partial charge in [0, 0.05) is 6.54 Å². The maximum atomic E-state index is 9.59. The third kappa shape index (κ3) is 1.27. The molecule has 1 heterocycles. The molecule has 0 aromatic heterocycles. The van der Waals surface area contributed by atoms with E-state index in [1.54, 1.807) is 0 Å². The van der Waals surface area contributed by atoms with Crippen molar-refractivity contribution < 1.29 is 9.68 Å². The molecule has 1 aromatic rings. The Bertz CT molecular complexity index is 329. The second-order valence-electron chi connectivity index (χ2n) is 3.29. The van der Waals surface area contributed by atoms with E-state index in [1.807, 2.05) is 25.1 Å². The van der Waals surface area contributed by atoms with Crippen molar-refractivity contribution in [1.29, 1.82) is 0 Å². The summed E-state index contributed by atoms with van der Waals surface area (Å²) in [4.78, 5) is 0. The van der Waals surface area contributed by atoms with E-state index in [0.29, 0.717) is 6.54 Å². The zero-order valence-corrected chi connectivity index (χ0v) is 7.53. The number of rotatable bonds is 1. The summed E-state index contributed by atoms with van der Waals surface area (Å²) in [6, 6.07) is 5.87. The van der Waals surface area contributed by atoms with Crippen LogP contribution in [0.25, 0.3) is 0 Å². The summed E-state index contributed by atoms with van der Waals surface area (Å²) >= 11 is 0. The van der Waals surface area contributed by atoms with Crippen LogP contribution in [0.5, 0.6) is 0 Å². The number of aryl methyl sites for hydroxylation is 1. The Morgan fingerprint density at radius 2 is 2.38 bits per heavy atom. The topological polar surface area (TPSA) is 55.5 Å². The predicted octanol–water partition coefficient (Wildman–Crippen LogP) is -0.287. The molecule has 68 valence electrons. The van der Waals surface area contributed by atoms with E-state index in [4.69, 9.17) is 10.4 Å². The van der Waals surface area contributed by atoms with Crippen molar-refractivity contribution in [3.05, 3.63) is 29.3 Å². The monoisotopic (exact) mass is 177 g/mol. The van der Waals surface area contributed by atoms with Crippen LogP contribution in [0.3, 0.4) is 0 Å². The SMILES string of the molecule is Cc1cccc2c1B(O)O[C@@H]2CN. The lowest BCUT2D eigenvalue weighted by Crippen LogP contribution is -2.30. The summed E-state index contributed by atoms with van der Waals surface area (Å²) in [7, 11) is -0.801. The average molecular weight is 177 g/mol. The largest absolute Gasteiger partial charge is 0.492 e. The Hall–Kier alpha value is -0.835. The van der Waals surface area contributed by atoms with Crippen LogP contribution >= 0.6 is 0 Å². The van der Waals surface area contributed by atoms with Gasteiger partial charge in [-0.2, -0.15) is 0 Å². The Balaban J connectivity index is 2.51. The molecule has 2 rings (SSSR count). The van der Waals surface area contributed by atoms with Gasteiger partial charge in [0.15, 0.2) is 0 Å². The summed E-state index contributed by atoms with van der Waals surface area (Å²) in [6.45, 7) is 2.37. The van der Waals surface area contributed by atoms with Gasteiger partial charge in [0.2, 0.25) is 0 Å². The van der Waals surface area contributed by atoms with E-state index in [0.717, 1.165) is 16.6 Å². The molecule has 0 spiro atoms. The van der Waals surface area contributed by atoms with Crippen LogP contribution in [0, 0.1) is 6.92 Å². The molecule has 13 heavy (non-hydrogen) atoms. The van der Waals surface area contributed by atoms with E-state index in [9.17, 15) is 5.02 Å². The zero-order valence-electron chi connectivity index (χ0n) is 7.53. The molecule has 1 aromatic carbocycles. The average Bonchev–Trinajstić information content (AvgIpc) is 2.44. The molecule has 0 unspecified atom stereocenters. The minimum absolute atomic E-state index is 0.148. The van der Waals surface area contributed by atoms with E-state index < -0.39 is 7.12 Å². The minimum Gasteiger partial charge on any atom is -0.423 e. The van der Waals surface area contributed by atoms with Crippen LogP contribution in [0.15, 0.2) is 18.2 Å². The Morgan fingerprint density at radius 1 is 1.62 bits per heavy atom. The van der Waals surface area contributed by atoms with Crippen LogP contribution in [0.1, 0.15) is 17.2 Å². The minimum atomic E-state index is -0.801. The maximum absolute atomic E-state index is 9.59. The summed E-state index contributed by atoms with van der Waals surface area (Å²) < 4.78 is 5.29. The molecule has 0 fully saturated rings. The molecular weight excluding hydrogens is 165 g/mol. The first-order chi connectivity index (χ1) is 6.24. The van der Waals surface area contributed by atoms with Crippen molar-refractivity contribution >= 4 is 12.6 Å². The van der Waals surface area contributed by atoms with Gasteiger partial charge in [0.1, 0.15) is 0 Å². The number of benzene rings is 1. The first-order valence-electron chi connectivity index (χ1n) is 4.37. The predicted molar refractivity (Wildman–Crippen MR) is 51.7 cm³/mol. The lowest BCUT2D eigenvalue weighted by atomic mass is 9.76. The van der Waals surface area contributed by atoms with Crippen molar-refractivity contribution in [3.63, 3.8) is 0 Å². The fourth-order valence-electron chi connectivity index (χ4n) is 1.80. The van der Waals surface area contributed by atoms with Gasteiger partial charge in [-0.1, -0.05) is 23.8 Å². The molecule has 1 aliphatic heterocycles. The molecule has 1 aliphatic rings. The van der Waals surface area contributed by atoms with Gasteiger partial charge in [0.05, 0.1) is 6.10 Å². The van der Waals surface area contributed by atoms with Gasteiger partial charge in [-0.15, -0.1) is 0 Å². The van der Waals surface area contributed by atoms with Crippen molar-refractivity contribution in [2.24, 2.45) is 5.73 Å². The number of fused-ring (bicyclic) bond motifs is 1. The smallest absolute Gasteiger partial charge is 0.423 e. The van der Waals surface area contributed by atoms with Crippen molar-refractivity contribution in [2.45, 2.75) is 13.0 Å².